The summed E-state index contributed by atoms with van der Waals surface area (Å²) in [6, 6.07) is -0.665. The van der Waals surface area contributed by atoms with E-state index < -0.39 is 11.9 Å². The fraction of sp³-hybridized carbons (Fsp3) is 0.919. The second-order valence-electron chi connectivity index (χ2n) is 13.0. The molecule has 0 bridgehead atoms. The molecule has 0 radical (unpaired) electrons. The predicted molar refractivity (Wildman–Crippen MR) is 184 cm³/mol. The largest absolute Gasteiger partial charge is 0.370 e. The van der Waals surface area contributed by atoms with Gasteiger partial charge in [0.15, 0.2) is 0 Å². The van der Waals surface area contributed by atoms with Gasteiger partial charge in [0.25, 0.3) is 0 Å². The van der Waals surface area contributed by atoms with Gasteiger partial charge in [0.05, 0.1) is 0 Å². The van der Waals surface area contributed by atoms with Gasteiger partial charge in [-0.15, -0.1) is 0 Å². The van der Waals surface area contributed by atoms with Crippen LogP contribution in [0.3, 0.4) is 0 Å². The average Bonchev–Trinajstić information content (AvgIpc) is 2.99. The highest BCUT2D eigenvalue weighted by atomic mass is 16.2. The summed E-state index contributed by atoms with van der Waals surface area (Å²) in [5.41, 5.74) is 5.45. The van der Waals surface area contributed by atoms with E-state index in [1.165, 1.54) is 116 Å². The van der Waals surface area contributed by atoms with Gasteiger partial charge in [-0.3, -0.25) is 14.4 Å². The van der Waals surface area contributed by atoms with Crippen LogP contribution in [0.25, 0.3) is 0 Å². The molecule has 0 aromatic carbocycles. The summed E-state index contributed by atoms with van der Waals surface area (Å²) in [6.07, 6.45) is 31.2. The van der Waals surface area contributed by atoms with Crippen molar-refractivity contribution >= 4 is 17.7 Å². The lowest BCUT2D eigenvalue weighted by atomic mass is 10.0. The summed E-state index contributed by atoms with van der Waals surface area (Å²) in [6.45, 7) is 8.18. The van der Waals surface area contributed by atoms with E-state index in [-0.39, 0.29) is 24.7 Å². The minimum Gasteiger partial charge on any atom is -0.370 e. The molecule has 0 aliphatic rings. The van der Waals surface area contributed by atoms with Crippen LogP contribution in [-0.4, -0.2) is 41.8 Å². The number of hydrogen-bond donors (Lipinski definition) is 2. The first kappa shape index (κ1) is 41.4. The maximum absolute atomic E-state index is 13.8. The number of rotatable bonds is 33. The van der Waals surface area contributed by atoms with Crippen molar-refractivity contribution < 1.29 is 14.4 Å². The third-order valence-electron chi connectivity index (χ3n) is 8.69. The summed E-state index contributed by atoms with van der Waals surface area (Å²) < 4.78 is 0. The molecule has 6 heteroatoms. The molecule has 0 unspecified atom stereocenters. The number of unbranched alkanes of at least 4 members (excludes halogenated alkanes) is 22. The standard InChI is InChI=1S/C37H73N3O3/c1-4-7-10-13-16-19-20-23-26-29-36(42)39-34(30-31-35(38)41)37(43)40(32-27-24-21-17-14-11-8-5-2)33-28-25-22-18-15-12-9-6-3/h34H,4-33H2,1-3H3,(H2,38,41)(H,39,42)/t34-/m0/s1. The number of nitrogens with one attached hydrogen (secondary N) is 1. The number of nitrogens with zero attached hydrogens (tertiary/aromatic N) is 1. The predicted octanol–water partition coefficient (Wildman–Crippen LogP) is 9.77. The minimum absolute atomic E-state index is 0.0347. The minimum atomic E-state index is -0.665. The van der Waals surface area contributed by atoms with Crippen LogP contribution in [0.1, 0.15) is 201 Å². The Hall–Kier alpha value is -1.59. The zero-order chi connectivity index (χ0) is 31.8. The van der Waals surface area contributed by atoms with Crippen molar-refractivity contribution in [2.45, 2.75) is 207 Å². The molecule has 1 atom stereocenters. The van der Waals surface area contributed by atoms with Gasteiger partial charge < -0.3 is 16.0 Å². The fourth-order valence-corrected chi connectivity index (χ4v) is 5.83. The van der Waals surface area contributed by atoms with E-state index in [0.29, 0.717) is 6.42 Å². The van der Waals surface area contributed by atoms with Crippen LogP contribution in [0, 0.1) is 0 Å². The van der Waals surface area contributed by atoms with Crippen LogP contribution in [0.4, 0.5) is 0 Å². The molecule has 0 saturated heterocycles. The highest BCUT2D eigenvalue weighted by Gasteiger charge is 2.26. The topological polar surface area (TPSA) is 92.5 Å². The summed E-state index contributed by atoms with van der Waals surface area (Å²) >= 11 is 0. The molecule has 0 aliphatic heterocycles. The van der Waals surface area contributed by atoms with Crippen LogP contribution in [-0.2, 0) is 14.4 Å². The molecule has 3 N–H and O–H groups in total. The molecule has 0 spiro atoms. The average molecular weight is 608 g/mol. The Morgan fingerprint density at radius 2 is 0.860 bits per heavy atom. The van der Waals surface area contributed by atoms with Crippen molar-refractivity contribution in [1.29, 1.82) is 0 Å². The highest BCUT2D eigenvalue weighted by molar-refractivity contribution is 5.88. The van der Waals surface area contributed by atoms with Gasteiger partial charge in [0, 0.05) is 25.9 Å². The molecule has 0 fully saturated rings. The molecule has 0 aliphatic carbocycles. The third kappa shape index (κ3) is 27.7. The van der Waals surface area contributed by atoms with Gasteiger partial charge >= 0.3 is 0 Å². The fourth-order valence-electron chi connectivity index (χ4n) is 5.83. The molecule has 43 heavy (non-hydrogen) atoms. The Morgan fingerprint density at radius 3 is 1.23 bits per heavy atom. The number of carbonyl (C=O) groups is 3. The third-order valence-corrected chi connectivity index (χ3v) is 8.69. The van der Waals surface area contributed by atoms with Crippen molar-refractivity contribution in [3.63, 3.8) is 0 Å². The van der Waals surface area contributed by atoms with Gasteiger partial charge in [-0.05, 0) is 25.7 Å². The van der Waals surface area contributed by atoms with Gasteiger partial charge in [-0.25, -0.2) is 0 Å². The van der Waals surface area contributed by atoms with E-state index in [1.54, 1.807) is 0 Å². The lowest BCUT2D eigenvalue weighted by molar-refractivity contribution is -0.137. The number of hydrogen-bond acceptors (Lipinski definition) is 3. The zero-order valence-corrected chi connectivity index (χ0v) is 29.0. The molecule has 0 heterocycles. The quantitative estimate of drug-likeness (QED) is 0.0727. The second-order valence-corrected chi connectivity index (χ2v) is 13.0. The lowest BCUT2D eigenvalue weighted by Gasteiger charge is -2.28. The van der Waals surface area contributed by atoms with E-state index in [9.17, 15) is 14.4 Å². The molecule has 254 valence electrons. The summed E-state index contributed by atoms with van der Waals surface area (Å²) in [4.78, 5) is 40.2. The van der Waals surface area contributed by atoms with E-state index in [4.69, 9.17) is 5.73 Å². The van der Waals surface area contributed by atoms with Crippen LogP contribution in [0.2, 0.25) is 0 Å². The second kappa shape index (κ2) is 31.8. The Labute approximate surface area is 267 Å². The molecule has 3 amide bonds. The van der Waals surface area contributed by atoms with Crippen molar-refractivity contribution in [1.82, 2.24) is 10.2 Å². The molecule has 0 rings (SSSR count). The molecule has 0 aromatic rings. The first-order valence-corrected chi connectivity index (χ1v) is 18.8. The Balaban J connectivity index is 4.84. The Kier molecular flexibility index (Phi) is 30.6. The van der Waals surface area contributed by atoms with Gasteiger partial charge in [0.2, 0.25) is 17.7 Å². The number of nitrogens with two attached hydrogens (primary N) is 1. The van der Waals surface area contributed by atoms with Crippen molar-refractivity contribution in [2.75, 3.05) is 13.1 Å². The lowest BCUT2D eigenvalue weighted by Crippen LogP contribution is -2.49. The SMILES string of the molecule is CCCCCCCCCCCC(=O)N[C@@H](CCC(N)=O)C(=O)N(CCCCCCCCCC)CCCCCCCCCC. The smallest absolute Gasteiger partial charge is 0.245 e. The van der Waals surface area contributed by atoms with Crippen LogP contribution < -0.4 is 11.1 Å². The van der Waals surface area contributed by atoms with Gasteiger partial charge in [-0.2, -0.15) is 0 Å². The Bertz CT molecular complexity index is 635. The molecule has 0 aromatic heterocycles. The number of primary amides is 1. The van der Waals surface area contributed by atoms with Crippen LogP contribution in [0.5, 0.6) is 0 Å². The maximum Gasteiger partial charge on any atom is 0.245 e. The van der Waals surface area contributed by atoms with Crippen molar-refractivity contribution in [3.8, 4) is 0 Å². The van der Waals surface area contributed by atoms with E-state index in [2.05, 4.69) is 26.1 Å². The summed E-state index contributed by atoms with van der Waals surface area (Å²) in [5.74, 6) is -0.541. The van der Waals surface area contributed by atoms with E-state index in [0.717, 1.165) is 58.0 Å². The number of carbonyl (C=O) groups excluding carboxylic acids is 3. The molecular weight excluding hydrogens is 534 g/mol. The molecular formula is C37H73N3O3. The summed E-state index contributed by atoms with van der Waals surface area (Å²) in [7, 11) is 0. The zero-order valence-electron chi connectivity index (χ0n) is 29.0. The molecule has 6 nitrogen and oxygen atoms in total. The van der Waals surface area contributed by atoms with E-state index >= 15 is 0 Å². The normalized spacial score (nSPS) is 11.9. The van der Waals surface area contributed by atoms with Crippen molar-refractivity contribution in [3.05, 3.63) is 0 Å². The Morgan fingerprint density at radius 1 is 0.512 bits per heavy atom. The van der Waals surface area contributed by atoms with Crippen LogP contribution >= 0.6 is 0 Å². The summed E-state index contributed by atoms with van der Waals surface area (Å²) in [5, 5.41) is 3.00. The van der Waals surface area contributed by atoms with Gasteiger partial charge in [-0.1, -0.05) is 162 Å². The van der Waals surface area contributed by atoms with Crippen LogP contribution in [0.15, 0.2) is 0 Å². The van der Waals surface area contributed by atoms with E-state index in [1.807, 2.05) is 4.90 Å². The first-order valence-electron chi connectivity index (χ1n) is 18.8. The van der Waals surface area contributed by atoms with Crippen molar-refractivity contribution in [2.24, 2.45) is 5.73 Å². The van der Waals surface area contributed by atoms with Gasteiger partial charge in [0.1, 0.15) is 6.04 Å². The molecule has 0 saturated carbocycles. The highest BCUT2D eigenvalue weighted by Crippen LogP contribution is 2.14. The first-order chi connectivity index (χ1) is 21.0. The number of amides is 3. The maximum atomic E-state index is 13.8. The monoisotopic (exact) mass is 608 g/mol.